The van der Waals surface area contributed by atoms with Gasteiger partial charge in [0.2, 0.25) is 0 Å². The first kappa shape index (κ1) is 20.4. The zero-order valence-corrected chi connectivity index (χ0v) is 19.3. The van der Waals surface area contributed by atoms with E-state index in [1.807, 2.05) is 24.3 Å². The Morgan fingerprint density at radius 3 is 0.706 bits per heavy atom. The van der Waals surface area contributed by atoms with E-state index in [2.05, 4.69) is 0 Å². The van der Waals surface area contributed by atoms with Crippen LogP contribution < -0.4 is 21.7 Å². The van der Waals surface area contributed by atoms with Crippen LogP contribution in [0.15, 0.2) is 67.7 Å². The first-order valence-electron chi connectivity index (χ1n) is 11.2. The van der Waals surface area contributed by atoms with Crippen molar-refractivity contribution in [3.63, 3.8) is 0 Å². The van der Waals surface area contributed by atoms with Gasteiger partial charge in [-0.1, -0.05) is 0 Å². The highest BCUT2D eigenvalue weighted by Crippen LogP contribution is 2.30. The normalized spacial score (nSPS) is 12.0. The minimum Gasteiger partial charge on any atom is -0.289 e. The summed E-state index contributed by atoms with van der Waals surface area (Å²) in [7, 11) is 0. The fraction of sp³-hybridized carbons (Fsp3) is 0.133. The predicted molar refractivity (Wildman–Crippen MR) is 140 cm³/mol. The van der Waals surface area contributed by atoms with Gasteiger partial charge in [0.1, 0.15) is 0 Å². The second-order valence-electron chi connectivity index (χ2n) is 9.36. The molecule has 0 aliphatic heterocycles. The lowest BCUT2D eigenvalue weighted by Gasteiger charge is -2.09. The molecule has 0 aliphatic carbocycles. The predicted octanol–water partition coefficient (Wildman–Crippen LogP) is 5.00. The quantitative estimate of drug-likeness (QED) is 0.309. The second-order valence-corrected chi connectivity index (χ2v) is 9.36. The Kier molecular flexibility index (Phi) is 4.01. The zero-order valence-electron chi connectivity index (χ0n) is 19.3. The molecule has 0 N–H and O–H groups in total. The number of hydrogen-bond acceptors (Lipinski definition) is 4. The Morgan fingerprint density at radius 1 is 0.324 bits per heavy atom. The lowest BCUT2D eigenvalue weighted by atomic mass is 9.93. The molecule has 0 radical (unpaired) electrons. The van der Waals surface area contributed by atoms with Crippen molar-refractivity contribution in [2.24, 2.45) is 0 Å². The molecule has 0 bridgehead atoms. The van der Waals surface area contributed by atoms with Crippen LogP contribution in [0.25, 0.3) is 53.9 Å². The summed E-state index contributed by atoms with van der Waals surface area (Å²) >= 11 is 0. The van der Waals surface area contributed by atoms with Crippen molar-refractivity contribution in [2.75, 3.05) is 0 Å². The number of fused-ring (bicyclic) bond motifs is 5. The molecular weight excluding hydrogens is 424 g/mol. The topological polar surface area (TPSA) is 68.3 Å². The van der Waals surface area contributed by atoms with E-state index in [0.717, 1.165) is 32.3 Å². The molecule has 0 spiro atoms. The average Bonchev–Trinajstić information content (AvgIpc) is 2.84. The molecular formula is C30H20O4. The van der Waals surface area contributed by atoms with Crippen molar-refractivity contribution >= 4 is 53.9 Å². The van der Waals surface area contributed by atoms with Crippen LogP contribution >= 0.6 is 0 Å². The Labute approximate surface area is 193 Å². The summed E-state index contributed by atoms with van der Waals surface area (Å²) in [6.45, 7) is 6.78. The zero-order chi connectivity index (χ0) is 24.0. The summed E-state index contributed by atoms with van der Waals surface area (Å²) in [5.74, 6) is 0. The SMILES string of the molecule is Cc1c(C)c(=O)c2cc3cc4cc5cc6c(=O)c(C)c(C)c(=O)c6cc5cc4cc3cc2c1=O. The summed E-state index contributed by atoms with van der Waals surface area (Å²) < 4.78 is 0. The van der Waals surface area contributed by atoms with E-state index in [1.54, 1.807) is 52.0 Å². The Bertz CT molecular complexity index is 1820. The molecule has 0 saturated carbocycles. The fourth-order valence-electron chi connectivity index (χ4n) is 5.09. The third-order valence-corrected chi connectivity index (χ3v) is 7.49. The van der Waals surface area contributed by atoms with Crippen molar-refractivity contribution in [1.82, 2.24) is 0 Å². The molecule has 0 heterocycles. The van der Waals surface area contributed by atoms with Crippen LogP contribution in [0.2, 0.25) is 0 Å². The second kappa shape index (κ2) is 6.67. The molecule has 6 rings (SSSR count). The van der Waals surface area contributed by atoms with Gasteiger partial charge in [0.05, 0.1) is 0 Å². The number of benzene rings is 6. The highest BCUT2D eigenvalue weighted by atomic mass is 16.1. The Balaban J connectivity index is 1.74. The molecule has 164 valence electrons. The standard InChI is InChI=1S/C30H20O4/c1-13-14(2)28(32)24-10-20-6-18-8-22-12-26-25(29(33)15(3)16(4)30(26)34)11-21(22)7-17(18)5-19(20)9-23(24)27(13)31/h5-12H,1-4H3. The largest absolute Gasteiger partial charge is 0.289 e. The maximum atomic E-state index is 12.8. The highest BCUT2D eigenvalue weighted by molar-refractivity contribution is 6.10. The molecule has 0 amide bonds. The van der Waals surface area contributed by atoms with Crippen LogP contribution in [0.4, 0.5) is 0 Å². The molecule has 34 heavy (non-hydrogen) atoms. The van der Waals surface area contributed by atoms with Gasteiger partial charge >= 0.3 is 0 Å². The first-order chi connectivity index (χ1) is 16.2. The van der Waals surface area contributed by atoms with Gasteiger partial charge < -0.3 is 0 Å². The minimum absolute atomic E-state index is 0.110. The molecule has 0 unspecified atom stereocenters. The van der Waals surface area contributed by atoms with Crippen LogP contribution in [-0.4, -0.2) is 0 Å². The van der Waals surface area contributed by atoms with Crippen LogP contribution in [0.1, 0.15) is 22.3 Å². The summed E-state index contributed by atoms with van der Waals surface area (Å²) in [6, 6.07) is 15.2. The van der Waals surface area contributed by atoms with Crippen molar-refractivity contribution in [2.45, 2.75) is 27.7 Å². The highest BCUT2D eigenvalue weighted by Gasteiger charge is 2.14. The summed E-state index contributed by atoms with van der Waals surface area (Å²) in [6.07, 6.45) is 0. The van der Waals surface area contributed by atoms with Gasteiger partial charge in [-0.2, -0.15) is 0 Å². The van der Waals surface area contributed by atoms with Crippen molar-refractivity contribution in [3.8, 4) is 0 Å². The fourth-order valence-corrected chi connectivity index (χ4v) is 5.09. The third-order valence-electron chi connectivity index (χ3n) is 7.49. The summed E-state index contributed by atoms with van der Waals surface area (Å²) in [5, 5.41) is 7.17. The average molecular weight is 444 g/mol. The van der Waals surface area contributed by atoms with Gasteiger partial charge in [-0.15, -0.1) is 0 Å². The maximum absolute atomic E-state index is 12.8. The van der Waals surface area contributed by atoms with E-state index in [4.69, 9.17) is 0 Å². The van der Waals surface area contributed by atoms with E-state index in [9.17, 15) is 19.2 Å². The van der Waals surface area contributed by atoms with Crippen LogP contribution in [0.3, 0.4) is 0 Å². The van der Waals surface area contributed by atoms with Gasteiger partial charge in [0.25, 0.3) is 0 Å². The molecule has 0 aliphatic rings. The van der Waals surface area contributed by atoms with Crippen molar-refractivity contribution < 1.29 is 0 Å². The van der Waals surface area contributed by atoms with E-state index < -0.39 is 0 Å². The monoisotopic (exact) mass is 444 g/mol. The van der Waals surface area contributed by atoms with Crippen molar-refractivity contribution in [3.05, 3.63) is 112 Å². The molecule has 0 saturated heterocycles. The maximum Gasteiger partial charge on any atom is 0.189 e. The minimum atomic E-state index is -0.110. The first-order valence-corrected chi connectivity index (χ1v) is 11.2. The summed E-state index contributed by atoms with van der Waals surface area (Å²) in [4.78, 5) is 51.3. The third kappa shape index (κ3) is 2.59. The van der Waals surface area contributed by atoms with Gasteiger partial charge in [0.15, 0.2) is 21.7 Å². The molecule has 0 fully saturated rings. The van der Waals surface area contributed by atoms with Crippen LogP contribution in [0.5, 0.6) is 0 Å². The molecule has 0 aromatic heterocycles. The smallest absolute Gasteiger partial charge is 0.189 e. The van der Waals surface area contributed by atoms with Gasteiger partial charge in [-0.3, -0.25) is 19.2 Å². The number of rotatable bonds is 0. The van der Waals surface area contributed by atoms with Gasteiger partial charge in [-0.05, 0) is 109 Å². The van der Waals surface area contributed by atoms with E-state index in [0.29, 0.717) is 43.8 Å². The lowest BCUT2D eigenvalue weighted by Crippen LogP contribution is -2.18. The van der Waals surface area contributed by atoms with Crippen LogP contribution in [-0.2, 0) is 0 Å². The van der Waals surface area contributed by atoms with Crippen molar-refractivity contribution in [1.29, 1.82) is 0 Å². The molecule has 6 aromatic rings. The van der Waals surface area contributed by atoms with E-state index in [1.165, 1.54) is 0 Å². The molecule has 4 heteroatoms. The Morgan fingerprint density at radius 2 is 0.500 bits per heavy atom. The van der Waals surface area contributed by atoms with E-state index >= 15 is 0 Å². The molecule has 4 nitrogen and oxygen atoms in total. The van der Waals surface area contributed by atoms with E-state index in [-0.39, 0.29) is 21.7 Å². The number of hydrogen-bond donors (Lipinski definition) is 0. The lowest BCUT2D eigenvalue weighted by molar-refractivity contribution is 1.29. The van der Waals surface area contributed by atoms with Gasteiger partial charge in [0, 0.05) is 43.8 Å². The summed E-state index contributed by atoms with van der Waals surface area (Å²) in [5.41, 5.74) is 1.53. The van der Waals surface area contributed by atoms with Gasteiger partial charge in [-0.25, -0.2) is 0 Å². The molecule has 6 aromatic carbocycles. The molecule has 0 atom stereocenters. The van der Waals surface area contributed by atoms with Crippen LogP contribution in [0, 0.1) is 27.7 Å². The Hall–Kier alpha value is -4.18.